The molecule has 68 heavy (non-hydrogen) atoms. The molecule has 1 aromatic carbocycles. The van der Waals surface area contributed by atoms with E-state index in [-0.39, 0.29) is 73.7 Å². The fourth-order valence-corrected chi connectivity index (χ4v) is 9.62. The second-order valence-electron chi connectivity index (χ2n) is 15.5. The highest BCUT2D eigenvalue weighted by Gasteiger charge is 2.35. The quantitative estimate of drug-likeness (QED) is 0.0360. The Balaban J connectivity index is 2.13. The van der Waals surface area contributed by atoms with Gasteiger partial charge in [-0.25, -0.2) is 0 Å². The van der Waals surface area contributed by atoms with E-state index in [9.17, 15) is 57.8 Å². The minimum absolute atomic E-state index is 0.0398. The predicted octanol–water partition coefficient (Wildman–Crippen LogP) is -4.80. The van der Waals surface area contributed by atoms with Gasteiger partial charge in [-0.1, -0.05) is 51.9 Å². The standard InChI is InChI=1S/C40H59N13O12S3/c1-21(54)44-12-6-5-10-24-35(61)52-28-18-67-68-19-29(39(65)50-25(14-22-8-3-2-4-9-22)36(62)51-27(33(41)59)17-66-20-31(56)47-24)53-37(63)26(15-32(57)58)48-30(55)16-46-34(60)23(49-38(28)64)11-7-13-45-40(42)43/h2-4,8-9,23-29H,5-7,10-20H2,1H3,(H2,41,59)(H,44,54)(H,46,60)(H,47,56)(H,48,55)(H,49,64)(H,50,65)(H,51,62)(H,52,61)(H,53,63)(H,57,58)(H4,42,43,45)/t23-,24-,25-,26-,27-,28-,29-/m0/s1. The fourth-order valence-electron chi connectivity index (χ4n) is 6.42. The number of nitrogens with two attached hydrogens (primary N) is 3. The molecule has 2 bridgehead atoms. The number of carbonyl (C=O) groups is 11. The number of rotatable bonds is 14. The molecular formula is C40H59N13O12S3. The van der Waals surface area contributed by atoms with Crippen molar-refractivity contribution in [2.45, 2.75) is 94.2 Å². The summed E-state index contributed by atoms with van der Waals surface area (Å²) in [6.07, 6.45) is -0.235. The maximum absolute atomic E-state index is 14.2. The van der Waals surface area contributed by atoms with Crippen molar-refractivity contribution >= 4 is 104 Å². The Morgan fingerprint density at radius 3 is 1.85 bits per heavy atom. The summed E-state index contributed by atoms with van der Waals surface area (Å²) >= 11 is 0.898. The van der Waals surface area contributed by atoms with E-state index < -0.39 is 114 Å². The number of aliphatic imine (C=N–C) groups is 1. The summed E-state index contributed by atoms with van der Waals surface area (Å²) in [5.41, 5.74) is 17.1. The van der Waals surface area contributed by atoms with Gasteiger partial charge in [0.2, 0.25) is 59.1 Å². The summed E-state index contributed by atoms with van der Waals surface area (Å²) < 4.78 is 0. The summed E-state index contributed by atoms with van der Waals surface area (Å²) in [6.45, 7) is 0.848. The van der Waals surface area contributed by atoms with Gasteiger partial charge in [0, 0.05) is 43.7 Å². The number of thioether (sulfide) groups is 1. The van der Waals surface area contributed by atoms with Gasteiger partial charge in [0.05, 0.1) is 18.7 Å². The van der Waals surface area contributed by atoms with E-state index in [0.717, 1.165) is 33.3 Å². The number of carbonyl (C=O) groups excluding carboxylic acids is 10. The zero-order chi connectivity index (χ0) is 50.2. The van der Waals surface area contributed by atoms with Gasteiger partial charge in [0.1, 0.15) is 42.3 Å². The highest BCUT2D eigenvalue weighted by Crippen LogP contribution is 2.24. The van der Waals surface area contributed by atoms with Gasteiger partial charge in [0.15, 0.2) is 5.96 Å². The molecule has 2 aliphatic heterocycles. The first-order valence-electron chi connectivity index (χ1n) is 21.4. The van der Waals surface area contributed by atoms with Crippen molar-refractivity contribution < 1.29 is 57.8 Å². The van der Waals surface area contributed by atoms with E-state index in [1.807, 2.05) is 0 Å². The number of nitrogens with zero attached hydrogens (tertiary/aromatic N) is 1. The molecule has 2 heterocycles. The Morgan fingerprint density at radius 1 is 0.676 bits per heavy atom. The first kappa shape index (κ1) is 56.0. The molecule has 0 aliphatic carbocycles. The minimum Gasteiger partial charge on any atom is -0.481 e. The van der Waals surface area contributed by atoms with Gasteiger partial charge in [-0.2, -0.15) is 0 Å². The topological polar surface area (TPSA) is 407 Å². The first-order valence-corrected chi connectivity index (χ1v) is 25.0. The van der Waals surface area contributed by atoms with Crippen LogP contribution in [0, 0.1) is 0 Å². The van der Waals surface area contributed by atoms with Crippen LogP contribution in [0.1, 0.15) is 51.0 Å². The Bertz CT molecular complexity index is 2010. The maximum atomic E-state index is 14.2. The van der Waals surface area contributed by atoms with Crippen LogP contribution in [-0.2, 0) is 59.2 Å². The van der Waals surface area contributed by atoms with Crippen molar-refractivity contribution in [3.63, 3.8) is 0 Å². The number of hydrogen-bond donors (Lipinski definition) is 13. The van der Waals surface area contributed by atoms with E-state index in [1.54, 1.807) is 30.3 Å². The molecule has 0 aromatic heterocycles. The van der Waals surface area contributed by atoms with Crippen LogP contribution in [-0.4, -0.2) is 161 Å². The molecule has 28 heteroatoms. The van der Waals surface area contributed by atoms with E-state index in [4.69, 9.17) is 17.2 Å². The number of guanidine groups is 1. The van der Waals surface area contributed by atoms with Crippen molar-refractivity contribution in [2.24, 2.45) is 22.2 Å². The molecule has 0 unspecified atom stereocenters. The third-order valence-corrected chi connectivity index (χ3v) is 13.3. The normalized spacial score (nSPS) is 24.3. The maximum Gasteiger partial charge on any atom is 0.305 e. The van der Waals surface area contributed by atoms with Crippen LogP contribution in [0.4, 0.5) is 0 Å². The van der Waals surface area contributed by atoms with E-state index in [0.29, 0.717) is 18.4 Å². The van der Waals surface area contributed by atoms with Crippen LogP contribution in [0.15, 0.2) is 35.3 Å². The van der Waals surface area contributed by atoms with Gasteiger partial charge in [-0.3, -0.25) is 57.7 Å². The molecule has 7 atom stereocenters. The van der Waals surface area contributed by atoms with Crippen molar-refractivity contribution in [2.75, 3.05) is 42.6 Å². The van der Waals surface area contributed by atoms with Gasteiger partial charge < -0.3 is 70.2 Å². The SMILES string of the molecule is CC(=O)NCCCC[C@@H]1NC(=O)CSC[C@@H](C(N)=O)NC(=O)[C@H](Cc2ccccc2)NC(=O)[C@@H]2CSSC[C@H](NC1=O)C(=O)N[C@@H](CCCN=C(N)N)C(=O)NCC(=O)N[C@@H](CC(=O)O)C(=O)N2. The van der Waals surface area contributed by atoms with Crippen molar-refractivity contribution in [3.8, 4) is 0 Å². The van der Waals surface area contributed by atoms with Crippen LogP contribution >= 0.6 is 33.3 Å². The van der Waals surface area contributed by atoms with Crippen LogP contribution in [0.25, 0.3) is 0 Å². The van der Waals surface area contributed by atoms with E-state index in [2.05, 4.69) is 52.8 Å². The number of carboxylic acid groups (broad SMARTS) is 1. The smallest absolute Gasteiger partial charge is 0.305 e. The zero-order valence-electron chi connectivity index (χ0n) is 37.2. The van der Waals surface area contributed by atoms with Gasteiger partial charge in [-0.15, -0.1) is 11.8 Å². The molecule has 0 radical (unpaired) electrons. The second kappa shape index (κ2) is 29.5. The first-order chi connectivity index (χ1) is 32.3. The number of nitrogens with one attached hydrogen (secondary N) is 9. The van der Waals surface area contributed by atoms with Gasteiger partial charge in [0.25, 0.3) is 0 Å². The molecule has 1 aromatic rings. The fraction of sp³-hybridized carbons (Fsp3) is 0.550. The number of primary amides is 1. The summed E-state index contributed by atoms with van der Waals surface area (Å²) in [6, 6.07) is -1.64. The van der Waals surface area contributed by atoms with E-state index in [1.165, 1.54) is 6.92 Å². The summed E-state index contributed by atoms with van der Waals surface area (Å²) in [5.74, 6) is -11.2. The molecule has 3 rings (SSSR count). The lowest BCUT2D eigenvalue weighted by Crippen LogP contribution is -2.59. The summed E-state index contributed by atoms with van der Waals surface area (Å²) in [7, 11) is 1.88. The number of aliphatic carboxylic acids is 1. The zero-order valence-corrected chi connectivity index (χ0v) is 39.6. The summed E-state index contributed by atoms with van der Waals surface area (Å²) in [5, 5.41) is 32.4. The average Bonchev–Trinajstić information content (AvgIpc) is 3.27. The molecular weight excluding hydrogens is 951 g/mol. The molecule has 10 amide bonds. The molecule has 2 aliphatic rings. The van der Waals surface area contributed by atoms with Crippen LogP contribution < -0.4 is 65.1 Å². The highest BCUT2D eigenvalue weighted by molar-refractivity contribution is 8.76. The molecule has 16 N–H and O–H groups in total. The lowest BCUT2D eigenvalue weighted by molar-refractivity contribution is -0.141. The second-order valence-corrected chi connectivity index (χ2v) is 19.0. The predicted molar refractivity (Wildman–Crippen MR) is 253 cm³/mol. The van der Waals surface area contributed by atoms with Crippen LogP contribution in [0.5, 0.6) is 0 Å². The average molecular weight is 1010 g/mol. The minimum atomic E-state index is -1.77. The molecule has 2 saturated heterocycles. The lowest BCUT2D eigenvalue weighted by atomic mass is 10.0. The Labute approximate surface area is 403 Å². The van der Waals surface area contributed by atoms with Crippen LogP contribution in [0.2, 0.25) is 0 Å². The Hall–Kier alpha value is -6.29. The van der Waals surface area contributed by atoms with E-state index >= 15 is 0 Å². The highest BCUT2D eigenvalue weighted by atomic mass is 33.1. The third-order valence-electron chi connectivity index (χ3n) is 9.89. The number of fused-ring (bicyclic) bond motifs is 5. The Morgan fingerprint density at radius 2 is 1.25 bits per heavy atom. The van der Waals surface area contributed by atoms with Crippen LogP contribution in [0.3, 0.4) is 0 Å². The lowest BCUT2D eigenvalue weighted by Gasteiger charge is -2.26. The molecule has 0 spiro atoms. The number of hydrogen-bond acceptors (Lipinski definition) is 15. The van der Waals surface area contributed by atoms with Crippen molar-refractivity contribution in [1.29, 1.82) is 0 Å². The molecule has 374 valence electrons. The number of unbranched alkanes of at least 4 members (excludes halogenated alkanes) is 1. The van der Waals surface area contributed by atoms with Crippen molar-refractivity contribution in [1.82, 2.24) is 47.9 Å². The number of benzene rings is 1. The van der Waals surface area contributed by atoms with Gasteiger partial charge >= 0.3 is 5.97 Å². The number of amides is 10. The van der Waals surface area contributed by atoms with Crippen molar-refractivity contribution in [3.05, 3.63) is 35.9 Å². The molecule has 25 nitrogen and oxygen atoms in total. The molecule has 0 saturated carbocycles. The Kier molecular flexibility index (Phi) is 24.3. The largest absolute Gasteiger partial charge is 0.481 e. The number of carboxylic acids is 1. The third kappa shape index (κ3) is 21.1. The monoisotopic (exact) mass is 1010 g/mol. The van der Waals surface area contributed by atoms with Gasteiger partial charge in [-0.05, 0) is 37.7 Å². The summed E-state index contributed by atoms with van der Waals surface area (Å²) in [4.78, 5) is 150. The molecule has 2 fully saturated rings.